The summed E-state index contributed by atoms with van der Waals surface area (Å²) in [5.74, 6) is -3.83. The number of aliphatic hydroxyl groups excluding tert-OH is 1. The predicted molar refractivity (Wildman–Crippen MR) is 102 cm³/mol. The molecule has 0 saturated heterocycles. The van der Waals surface area contributed by atoms with E-state index in [9.17, 15) is 30.0 Å². The predicted octanol–water partition coefficient (Wildman–Crippen LogP) is 0.501. The van der Waals surface area contributed by atoms with Gasteiger partial charge in [-0.1, -0.05) is 32.9 Å². The van der Waals surface area contributed by atoms with Gasteiger partial charge in [-0.2, -0.15) is 0 Å². The molecule has 0 bridgehead atoms. The fraction of sp³-hybridized carbons (Fsp3) is 0.727. The molecule has 2 saturated carbocycles. The van der Waals surface area contributed by atoms with Gasteiger partial charge < -0.3 is 25.2 Å². The highest BCUT2D eigenvalue weighted by Crippen LogP contribution is 2.75. The third-order valence-corrected chi connectivity index (χ3v) is 8.30. The normalized spacial score (nSPS) is 49.8. The Morgan fingerprint density at radius 2 is 1.86 bits per heavy atom. The lowest BCUT2D eigenvalue weighted by atomic mass is 9.59. The third kappa shape index (κ3) is 2.22. The zero-order valence-corrected chi connectivity index (χ0v) is 17.5. The molecule has 0 aliphatic heterocycles. The van der Waals surface area contributed by atoms with Gasteiger partial charge in [0, 0.05) is 42.4 Å². The molecule has 0 heterocycles. The molecular weight excluding hydrogens is 376 g/mol. The summed E-state index contributed by atoms with van der Waals surface area (Å²) in [7, 11) is 0. The molecule has 0 aromatic heterocycles. The molecule has 4 rings (SSSR count). The van der Waals surface area contributed by atoms with Gasteiger partial charge in [-0.25, -0.2) is 0 Å². The molecule has 4 aliphatic rings. The Bertz CT molecular complexity index is 857. The van der Waals surface area contributed by atoms with Gasteiger partial charge in [-0.15, -0.1) is 0 Å². The Morgan fingerprint density at radius 1 is 1.24 bits per heavy atom. The number of fused-ring (bicyclic) bond motifs is 5. The number of carbonyl (C=O) groups is 2. The number of hydrogen-bond donors (Lipinski definition) is 4. The molecule has 4 aliphatic carbocycles. The molecule has 8 atom stereocenters. The van der Waals surface area contributed by atoms with Gasteiger partial charge in [-0.3, -0.25) is 9.59 Å². The van der Waals surface area contributed by atoms with Crippen molar-refractivity contribution in [1.29, 1.82) is 0 Å². The van der Waals surface area contributed by atoms with Crippen molar-refractivity contribution in [3.05, 3.63) is 23.3 Å². The molecular formula is C22H30O7. The van der Waals surface area contributed by atoms with E-state index in [1.807, 2.05) is 13.8 Å². The Kier molecular flexibility index (Phi) is 4.13. The average molecular weight is 406 g/mol. The van der Waals surface area contributed by atoms with Crippen molar-refractivity contribution in [2.45, 2.75) is 63.9 Å². The first-order valence-electron chi connectivity index (χ1n) is 10.2. The van der Waals surface area contributed by atoms with Crippen LogP contribution in [0.2, 0.25) is 0 Å². The SMILES string of the molecule is CC(=O)O[C@H]1[C@H](C)[C@]2(O)[C@H](C=C(CO)C[C@@]3(O)C(=O)C(C)=C[C@H]23)[C@H]2C(C)(C)[C@@]12O. The second-order valence-electron chi connectivity index (χ2n) is 10.00. The fourth-order valence-electron chi connectivity index (χ4n) is 6.79. The van der Waals surface area contributed by atoms with Crippen molar-refractivity contribution in [3.8, 4) is 0 Å². The minimum atomic E-state index is -1.88. The van der Waals surface area contributed by atoms with E-state index in [2.05, 4.69) is 0 Å². The smallest absolute Gasteiger partial charge is 0.303 e. The molecule has 7 nitrogen and oxygen atoms in total. The molecule has 160 valence electrons. The van der Waals surface area contributed by atoms with Crippen LogP contribution < -0.4 is 0 Å². The number of carbonyl (C=O) groups excluding carboxylic acids is 2. The van der Waals surface area contributed by atoms with Crippen molar-refractivity contribution in [3.63, 3.8) is 0 Å². The molecule has 2 fully saturated rings. The van der Waals surface area contributed by atoms with Gasteiger partial charge in [0.1, 0.15) is 17.3 Å². The lowest BCUT2D eigenvalue weighted by Gasteiger charge is -2.52. The van der Waals surface area contributed by atoms with Crippen LogP contribution in [-0.4, -0.2) is 61.7 Å². The molecule has 0 aromatic rings. The maximum Gasteiger partial charge on any atom is 0.303 e. The Labute approximate surface area is 170 Å². The Balaban J connectivity index is 1.95. The highest BCUT2D eigenvalue weighted by molar-refractivity contribution is 6.04. The van der Waals surface area contributed by atoms with E-state index < -0.39 is 63.7 Å². The van der Waals surface area contributed by atoms with E-state index in [4.69, 9.17) is 4.74 Å². The molecule has 0 aromatic carbocycles. The van der Waals surface area contributed by atoms with E-state index in [-0.39, 0.29) is 13.0 Å². The van der Waals surface area contributed by atoms with E-state index in [1.165, 1.54) is 6.92 Å². The van der Waals surface area contributed by atoms with Crippen LogP contribution in [0.25, 0.3) is 0 Å². The first-order valence-corrected chi connectivity index (χ1v) is 10.2. The molecule has 0 radical (unpaired) electrons. The topological polar surface area (TPSA) is 124 Å². The molecule has 0 unspecified atom stereocenters. The molecule has 0 amide bonds. The summed E-state index contributed by atoms with van der Waals surface area (Å²) in [6.45, 7) is 7.90. The van der Waals surface area contributed by atoms with E-state index in [0.29, 0.717) is 11.1 Å². The summed E-state index contributed by atoms with van der Waals surface area (Å²) >= 11 is 0. The molecule has 29 heavy (non-hydrogen) atoms. The fourth-order valence-corrected chi connectivity index (χ4v) is 6.79. The number of rotatable bonds is 2. The monoisotopic (exact) mass is 406 g/mol. The van der Waals surface area contributed by atoms with Crippen LogP contribution in [0.3, 0.4) is 0 Å². The maximum absolute atomic E-state index is 12.9. The van der Waals surface area contributed by atoms with Gasteiger partial charge in [0.05, 0.1) is 12.2 Å². The summed E-state index contributed by atoms with van der Waals surface area (Å²) in [4.78, 5) is 24.7. The van der Waals surface area contributed by atoms with Crippen molar-refractivity contribution < 1.29 is 34.8 Å². The number of aliphatic hydroxyl groups is 4. The molecule has 4 N–H and O–H groups in total. The highest BCUT2D eigenvalue weighted by Gasteiger charge is 2.85. The summed E-state index contributed by atoms with van der Waals surface area (Å²) in [5.41, 5.74) is -4.74. The summed E-state index contributed by atoms with van der Waals surface area (Å²) in [6.07, 6.45) is 2.25. The van der Waals surface area contributed by atoms with Gasteiger partial charge in [0.2, 0.25) is 0 Å². The minimum absolute atomic E-state index is 0.0871. The van der Waals surface area contributed by atoms with Crippen LogP contribution in [0.5, 0.6) is 0 Å². The number of esters is 1. The standard InChI is InChI=1S/C22H30O7/c1-10-6-15-20(26,17(10)25)8-13(9-23)7-14-16-19(4,5)22(16,28)18(29-12(3)24)11(2)21(14,15)27/h6-7,11,14-16,18,23,26-28H,8-9H2,1-5H3/t11-,14+,15-,16-,18-,20-,21-,22-/m0/s1. The van der Waals surface area contributed by atoms with Crippen LogP contribution in [0, 0.1) is 29.1 Å². The van der Waals surface area contributed by atoms with Crippen LogP contribution in [0.1, 0.15) is 41.0 Å². The number of Topliss-reactive ketones (excluding diaryl/α,β-unsaturated/α-hetero) is 1. The van der Waals surface area contributed by atoms with Gasteiger partial charge in [0.25, 0.3) is 0 Å². The largest absolute Gasteiger partial charge is 0.459 e. The zero-order chi connectivity index (χ0) is 21.7. The van der Waals surface area contributed by atoms with Gasteiger partial charge in [-0.05, 0) is 18.1 Å². The molecule has 0 spiro atoms. The average Bonchev–Trinajstić information content (AvgIpc) is 3.02. The second kappa shape index (κ2) is 5.78. The van der Waals surface area contributed by atoms with E-state index in [0.717, 1.165) is 0 Å². The lowest BCUT2D eigenvalue weighted by molar-refractivity contribution is -0.220. The van der Waals surface area contributed by atoms with E-state index in [1.54, 1.807) is 26.0 Å². The first-order chi connectivity index (χ1) is 13.3. The van der Waals surface area contributed by atoms with Crippen molar-refractivity contribution >= 4 is 11.8 Å². The summed E-state index contributed by atoms with van der Waals surface area (Å²) in [5, 5.41) is 45.0. The molecule has 7 heteroatoms. The number of ether oxygens (including phenoxy) is 1. The van der Waals surface area contributed by atoms with Crippen LogP contribution in [-0.2, 0) is 14.3 Å². The van der Waals surface area contributed by atoms with Gasteiger partial charge >= 0.3 is 5.97 Å². The van der Waals surface area contributed by atoms with E-state index >= 15 is 0 Å². The minimum Gasteiger partial charge on any atom is -0.459 e. The highest BCUT2D eigenvalue weighted by atomic mass is 16.6. The van der Waals surface area contributed by atoms with Gasteiger partial charge in [0.15, 0.2) is 5.78 Å². The first kappa shape index (κ1) is 20.7. The lowest BCUT2D eigenvalue weighted by Crippen LogP contribution is -2.65. The van der Waals surface area contributed by atoms with Crippen LogP contribution in [0.15, 0.2) is 23.3 Å². The number of ketones is 1. The van der Waals surface area contributed by atoms with Crippen molar-refractivity contribution in [1.82, 2.24) is 0 Å². The Hall–Kier alpha value is -1.54. The van der Waals surface area contributed by atoms with Crippen LogP contribution in [0.4, 0.5) is 0 Å². The number of hydrogen-bond acceptors (Lipinski definition) is 7. The maximum atomic E-state index is 12.9. The summed E-state index contributed by atoms with van der Waals surface area (Å²) in [6, 6.07) is 0. The van der Waals surface area contributed by atoms with Crippen LogP contribution >= 0.6 is 0 Å². The third-order valence-electron chi connectivity index (χ3n) is 8.30. The quantitative estimate of drug-likeness (QED) is 0.389. The zero-order valence-electron chi connectivity index (χ0n) is 17.5. The van der Waals surface area contributed by atoms with Crippen molar-refractivity contribution in [2.75, 3.05) is 6.61 Å². The summed E-state index contributed by atoms with van der Waals surface area (Å²) < 4.78 is 5.53. The second-order valence-corrected chi connectivity index (χ2v) is 10.00. The van der Waals surface area contributed by atoms with Crippen molar-refractivity contribution in [2.24, 2.45) is 29.1 Å². The Morgan fingerprint density at radius 3 is 2.41 bits per heavy atom.